The summed E-state index contributed by atoms with van der Waals surface area (Å²) in [6, 6.07) is 19.4. The van der Waals surface area contributed by atoms with Crippen molar-refractivity contribution >= 4 is 22.8 Å². The van der Waals surface area contributed by atoms with Crippen LogP contribution >= 0.6 is 11.8 Å². The van der Waals surface area contributed by atoms with E-state index in [1.54, 1.807) is 0 Å². The third-order valence-corrected chi connectivity index (χ3v) is 6.05. The average Bonchev–Trinajstić information content (AvgIpc) is 2.82. The Kier molecular flexibility index (Phi) is 9.90. The largest absolute Gasteiger partial charge is 0.457 e. The third-order valence-electron chi connectivity index (χ3n) is 5.15. The number of methoxy groups -OCH3 is 1. The van der Waals surface area contributed by atoms with Crippen molar-refractivity contribution in [3.8, 4) is 0 Å². The summed E-state index contributed by atoms with van der Waals surface area (Å²) in [5, 5.41) is -0.0571. The summed E-state index contributed by atoms with van der Waals surface area (Å²) in [6.45, 7) is 3.42. The van der Waals surface area contributed by atoms with Crippen LogP contribution in [0, 0.1) is 0 Å². The molecule has 0 amide bonds. The van der Waals surface area contributed by atoms with Gasteiger partial charge in [0.2, 0.25) is 0 Å². The topological polar surface area (TPSA) is 80.3 Å². The Balaban J connectivity index is 1.86. The van der Waals surface area contributed by atoms with Crippen LogP contribution in [0.3, 0.4) is 0 Å². The van der Waals surface area contributed by atoms with Crippen LogP contribution in [-0.4, -0.2) is 54.7 Å². The van der Waals surface area contributed by atoms with Crippen molar-refractivity contribution in [1.29, 1.82) is 0 Å². The maximum atomic E-state index is 12.0. The van der Waals surface area contributed by atoms with Crippen molar-refractivity contribution in [2.45, 2.75) is 57.8 Å². The normalized spacial score (nSPS) is 24.9. The van der Waals surface area contributed by atoms with Crippen LogP contribution in [-0.2, 0) is 46.5 Å². The molecule has 178 valence electrons. The van der Waals surface area contributed by atoms with E-state index in [1.807, 2.05) is 60.7 Å². The summed E-state index contributed by atoms with van der Waals surface area (Å²) in [6.07, 6.45) is -3.48. The standard InChI is InChI=1S/C25H30O7S/c1-17(26)31-22-21(16-33-18(2)27)32-25(28-3)24(30-15-20-12-8-5-9-13-20)23(22)29-14-19-10-6-4-7-11-19/h4-13,21-25H,14-16H2,1-3H3/t21-,22+,23+,24-,25+/m1/s1. The van der Waals surface area contributed by atoms with Gasteiger partial charge in [0.25, 0.3) is 0 Å². The molecule has 0 unspecified atom stereocenters. The molecule has 1 fully saturated rings. The van der Waals surface area contributed by atoms with Crippen molar-refractivity contribution < 1.29 is 33.3 Å². The number of rotatable bonds is 10. The lowest BCUT2D eigenvalue weighted by molar-refractivity contribution is -0.308. The van der Waals surface area contributed by atoms with Crippen LogP contribution in [0.1, 0.15) is 25.0 Å². The van der Waals surface area contributed by atoms with E-state index < -0.39 is 36.7 Å². The minimum Gasteiger partial charge on any atom is -0.457 e. The summed E-state index contributed by atoms with van der Waals surface area (Å²) in [5.41, 5.74) is 1.95. The maximum Gasteiger partial charge on any atom is 0.303 e. The van der Waals surface area contributed by atoms with Crippen LogP contribution < -0.4 is 0 Å². The van der Waals surface area contributed by atoms with Crippen molar-refractivity contribution in [3.05, 3.63) is 71.8 Å². The van der Waals surface area contributed by atoms with Crippen LogP contribution in [0.4, 0.5) is 0 Å². The van der Waals surface area contributed by atoms with Gasteiger partial charge < -0.3 is 23.7 Å². The molecule has 0 aromatic heterocycles. The number of carbonyl (C=O) groups is 2. The number of carbonyl (C=O) groups excluding carboxylic acids is 2. The molecule has 0 saturated carbocycles. The molecule has 1 aliphatic rings. The first-order valence-electron chi connectivity index (χ1n) is 10.8. The molecule has 3 rings (SSSR count). The Labute approximate surface area is 198 Å². The van der Waals surface area contributed by atoms with Gasteiger partial charge in [-0.2, -0.15) is 0 Å². The van der Waals surface area contributed by atoms with Gasteiger partial charge in [0.1, 0.15) is 18.3 Å². The van der Waals surface area contributed by atoms with E-state index in [9.17, 15) is 9.59 Å². The predicted octanol–water partition coefficient (Wildman–Crippen LogP) is 3.74. The van der Waals surface area contributed by atoms with Crippen molar-refractivity contribution in [2.24, 2.45) is 0 Å². The highest BCUT2D eigenvalue weighted by Gasteiger charge is 2.49. The molecule has 0 bridgehead atoms. The molecule has 5 atom stereocenters. The first-order chi connectivity index (χ1) is 16.0. The lowest BCUT2D eigenvalue weighted by Gasteiger charge is -2.45. The zero-order valence-corrected chi connectivity index (χ0v) is 19.9. The number of hydrogen-bond donors (Lipinski definition) is 0. The predicted molar refractivity (Wildman–Crippen MR) is 124 cm³/mol. The summed E-state index contributed by atoms with van der Waals surface area (Å²) in [7, 11) is 1.53. The minimum atomic E-state index is -0.773. The Hall–Kier alpha value is -2.23. The van der Waals surface area contributed by atoms with Gasteiger partial charge in [-0.3, -0.25) is 9.59 Å². The first-order valence-corrected chi connectivity index (χ1v) is 11.8. The van der Waals surface area contributed by atoms with Gasteiger partial charge in [0, 0.05) is 26.7 Å². The van der Waals surface area contributed by atoms with Gasteiger partial charge in [-0.05, 0) is 11.1 Å². The highest BCUT2D eigenvalue weighted by molar-refractivity contribution is 8.13. The molecule has 2 aromatic carbocycles. The SMILES string of the molecule is CO[C@H]1O[C@H](CSC(C)=O)[C@H](OC(C)=O)[C@H](OCc2ccccc2)[C@H]1OCc1ccccc1. The molecule has 0 aliphatic carbocycles. The molecule has 1 aliphatic heterocycles. The molecular weight excluding hydrogens is 444 g/mol. The number of thioether (sulfide) groups is 1. The van der Waals surface area contributed by atoms with Gasteiger partial charge in [-0.15, -0.1) is 0 Å². The summed E-state index contributed by atoms with van der Waals surface area (Å²) in [5.74, 6) is -0.170. The molecule has 0 spiro atoms. The van der Waals surface area contributed by atoms with Gasteiger partial charge in [0.05, 0.1) is 13.2 Å². The highest BCUT2D eigenvalue weighted by Crippen LogP contribution is 2.32. The minimum absolute atomic E-state index is 0.0571. The fourth-order valence-electron chi connectivity index (χ4n) is 3.63. The van der Waals surface area contributed by atoms with Crippen molar-refractivity contribution in [3.63, 3.8) is 0 Å². The Morgan fingerprint density at radius 1 is 0.848 bits per heavy atom. The smallest absolute Gasteiger partial charge is 0.303 e. The van der Waals surface area contributed by atoms with Crippen LogP contribution in [0.15, 0.2) is 60.7 Å². The molecule has 1 heterocycles. The quantitative estimate of drug-likeness (QED) is 0.482. The van der Waals surface area contributed by atoms with Gasteiger partial charge >= 0.3 is 5.97 Å². The van der Waals surface area contributed by atoms with Gasteiger partial charge in [-0.1, -0.05) is 72.4 Å². The van der Waals surface area contributed by atoms with Crippen LogP contribution in [0.2, 0.25) is 0 Å². The molecule has 8 heteroatoms. The zero-order chi connectivity index (χ0) is 23.6. The van der Waals surface area contributed by atoms with Gasteiger partial charge in [0.15, 0.2) is 17.5 Å². The number of esters is 1. The van der Waals surface area contributed by atoms with E-state index in [1.165, 1.54) is 21.0 Å². The average molecular weight is 475 g/mol. The van der Waals surface area contributed by atoms with E-state index >= 15 is 0 Å². The molecule has 0 radical (unpaired) electrons. The number of ether oxygens (including phenoxy) is 5. The zero-order valence-electron chi connectivity index (χ0n) is 19.0. The van der Waals surface area contributed by atoms with Crippen molar-refractivity contribution in [1.82, 2.24) is 0 Å². The fraction of sp³-hybridized carbons (Fsp3) is 0.440. The Bertz CT molecular complexity index is 877. The maximum absolute atomic E-state index is 12.0. The van der Waals surface area contributed by atoms with Gasteiger partial charge in [-0.25, -0.2) is 0 Å². The second-order valence-electron chi connectivity index (χ2n) is 7.68. The number of hydrogen-bond acceptors (Lipinski definition) is 8. The third kappa shape index (κ3) is 7.65. The first kappa shape index (κ1) is 25.4. The van der Waals surface area contributed by atoms with Crippen LogP contribution in [0.25, 0.3) is 0 Å². The Morgan fingerprint density at radius 3 is 1.88 bits per heavy atom. The summed E-state index contributed by atoms with van der Waals surface area (Å²) < 4.78 is 29.9. The monoisotopic (exact) mass is 474 g/mol. The number of benzene rings is 2. The van der Waals surface area contributed by atoms with E-state index in [0.29, 0.717) is 12.4 Å². The molecule has 2 aromatic rings. The molecule has 33 heavy (non-hydrogen) atoms. The summed E-state index contributed by atoms with van der Waals surface area (Å²) >= 11 is 1.10. The second-order valence-corrected chi connectivity index (χ2v) is 8.87. The van der Waals surface area contributed by atoms with E-state index in [4.69, 9.17) is 23.7 Å². The molecular formula is C25H30O7S. The van der Waals surface area contributed by atoms with Crippen molar-refractivity contribution in [2.75, 3.05) is 12.9 Å². The fourth-order valence-corrected chi connectivity index (χ4v) is 4.30. The summed E-state index contributed by atoms with van der Waals surface area (Å²) in [4.78, 5) is 23.6. The second kappa shape index (κ2) is 12.9. The van der Waals surface area contributed by atoms with E-state index in [2.05, 4.69) is 0 Å². The van der Waals surface area contributed by atoms with Crippen LogP contribution in [0.5, 0.6) is 0 Å². The van der Waals surface area contributed by atoms with E-state index in [0.717, 1.165) is 22.9 Å². The van der Waals surface area contributed by atoms with E-state index in [-0.39, 0.29) is 11.7 Å². The molecule has 0 N–H and O–H groups in total. The Morgan fingerprint density at radius 2 is 1.39 bits per heavy atom. The highest BCUT2D eigenvalue weighted by atomic mass is 32.2. The lowest BCUT2D eigenvalue weighted by Crippen LogP contribution is -2.61. The molecule has 1 saturated heterocycles. The molecule has 7 nitrogen and oxygen atoms in total. The lowest BCUT2D eigenvalue weighted by atomic mass is 9.98.